The average molecular weight is 275 g/mol. The lowest BCUT2D eigenvalue weighted by molar-refractivity contribution is 0.0991. The van der Waals surface area contributed by atoms with E-state index in [2.05, 4.69) is 27.7 Å². The van der Waals surface area contributed by atoms with E-state index in [4.69, 9.17) is 11.6 Å². The van der Waals surface area contributed by atoms with Gasteiger partial charge in [-0.3, -0.25) is 4.79 Å². The highest BCUT2D eigenvalue weighted by atomic mass is 35.5. The third kappa shape index (κ3) is 2.66. The smallest absolute Gasteiger partial charge is 0.166 e. The van der Waals surface area contributed by atoms with E-state index in [0.717, 1.165) is 0 Å². The van der Waals surface area contributed by atoms with Crippen molar-refractivity contribution in [3.05, 3.63) is 57.1 Å². The molecule has 1 aromatic rings. The second-order valence-electron chi connectivity index (χ2n) is 5.29. The number of halogens is 1. The zero-order valence-electron chi connectivity index (χ0n) is 11.9. The summed E-state index contributed by atoms with van der Waals surface area (Å²) >= 11 is 5.94. The molecule has 0 bridgehead atoms. The molecule has 0 saturated heterocycles. The summed E-state index contributed by atoms with van der Waals surface area (Å²) in [5, 5.41) is 0.613. The largest absolute Gasteiger partial charge is 0.294 e. The van der Waals surface area contributed by atoms with E-state index in [1.807, 2.05) is 12.1 Å². The van der Waals surface area contributed by atoms with Gasteiger partial charge in [0, 0.05) is 17.0 Å². The van der Waals surface area contributed by atoms with E-state index in [0.29, 0.717) is 22.9 Å². The average Bonchev–Trinajstić information content (AvgIpc) is 2.56. The second kappa shape index (κ2) is 5.34. The number of allylic oxidation sites excluding steroid dienone is 4. The highest BCUT2D eigenvalue weighted by Gasteiger charge is 2.25. The van der Waals surface area contributed by atoms with E-state index < -0.39 is 0 Å². The molecule has 0 heterocycles. The summed E-state index contributed by atoms with van der Waals surface area (Å²) in [5.74, 6) is 0.523. The number of benzene rings is 1. The summed E-state index contributed by atoms with van der Waals surface area (Å²) in [5.41, 5.74) is 5.94. The number of rotatable bonds is 3. The van der Waals surface area contributed by atoms with Crippen LogP contribution in [0.15, 0.2) is 46.6 Å². The summed E-state index contributed by atoms with van der Waals surface area (Å²) in [4.78, 5) is 12.3. The SMILES string of the molecule is CC1=C(C)C(C)C(CC(=O)c2cccc(Cl)c2)=C1C. The van der Waals surface area contributed by atoms with Gasteiger partial charge in [-0.25, -0.2) is 0 Å². The number of hydrogen-bond donors (Lipinski definition) is 0. The number of Topliss-reactive ketones (excluding diaryl/α,β-unsaturated/α-hetero) is 1. The molecular formula is C17H19ClO. The zero-order valence-corrected chi connectivity index (χ0v) is 12.6. The number of carbonyl (C=O) groups excluding carboxylic acids is 1. The Hall–Kier alpha value is -1.34. The van der Waals surface area contributed by atoms with Crippen LogP contribution in [0.1, 0.15) is 44.5 Å². The van der Waals surface area contributed by atoms with Crippen molar-refractivity contribution in [1.29, 1.82) is 0 Å². The monoisotopic (exact) mass is 274 g/mol. The first-order chi connectivity index (χ1) is 8.91. The van der Waals surface area contributed by atoms with E-state index in [1.165, 1.54) is 22.3 Å². The van der Waals surface area contributed by atoms with Crippen LogP contribution in [0.2, 0.25) is 5.02 Å². The fourth-order valence-electron chi connectivity index (χ4n) is 2.67. The van der Waals surface area contributed by atoms with Crippen molar-refractivity contribution in [3.8, 4) is 0 Å². The van der Waals surface area contributed by atoms with E-state index in [9.17, 15) is 4.79 Å². The molecule has 0 N–H and O–H groups in total. The maximum atomic E-state index is 12.3. The Morgan fingerprint density at radius 1 is 1.21 bits per heavy atom. The molecule has 1 unspecified atom stereocenters. The first-order valence-corrected chi connectivity index (χ1v) is 6.95. The van der Waals surface area contributed by atoms with Gasteiger partial charge in [0.15, 0.2) is 5.78 Å². The zero-order chi connectivity index (χ0) is 14.2. The van der Waals surface area contributed by atoms with Crippen molar-refractivity contribution in [2.24, 2.45) is 5.92 Å². The number of ketones is 1. The number of carbonyl (C=O) groups is 1. The Morgan fingerprint density at radius 3 is 2.42 bits per heavy atom. The molecule has 0 spiro atoms. The molecule has 0 aromatic heterocycles. The van der Waals surface area contributed by atoms with Gasteiger partial charge < -0.3 is 0 Å². The van der Waals surface area contributed by atoms with Crippen molar-refractivity contribution in [2.75, 3.05) is 0 Å². The highest BCUT2D eigenvalue weighted by Crippen LogP contribution is 2.38. The van der Waals surface area contributed by atoms with Crippen LogP contribution in [-0.4, -0.2) is 5.78 Å². The first-order valence-electron chi connectivity index (χ1n) is 6.58. The summed E-state index contributed by atoms with van der Waals surface area (Å²) < 4.78 is 0. The Balaban J connectivity index is 2.22. The van der Waals surface area contributed by atoms with Gasteiger partial charge in [0.05, 0.1) is 0 Å². The summed E-state index contributed by atoms with van der Waals surface area (Å²) in [6, 6.07) is 7.18. The van der Waals surface area contributed by atoms with Crippen LogP contribution in [0, 0.1) is 5.92 Å². The molecule has 1 atom stereocenters. The van der Waals surface area contributed by atoms with Gasteiger partial charge in [0.2, 0.25) is 0 Å². The molecule has 2 rings (SSSR count). The van der Waals surface area contributed by atoms with E-state index >= 15 is 0 Å². The Kier molecular flexibility index (Phi) is 3.96. The lowest BCUT2D eigenvalue weighted by atomic mass is 9.92. The molecule has 0 radical (unpaired) electrons. The van der Waals surface area contributed by atoms with Crippen LogP contribution in [0.4, 0.5) is 0 Å². The third-order valence-electron chi connectivity index (χ3n) is 4.31. The molecule has 1 nitrogen and oxygen atoms in total. The van der Waals surface area contributed by atoms with Gasteiger partial charge in [-0.05, 0) is 50.0 Å². The Labute approximate surface area is 120 Å². The Morgan fingerprint density at radius 2 is 1.89 bits per heavy atom. The second-order valence-corrected chi connectivity index (χ2v) is 5.73. The summed E-state index contributed by atoms with van der Waals surface area (Å²) in [6.07, 6.45) is 0.488. The molecule has 19 heavy (non-hydrogen) atoms. The van der Waals surface area contributed by atoms with Crippen LogP contribution >= 0.6 is 11.6 Å². The lowest BCUT2D eigenvalue weighted by Crippen LogP contribution is -2.06. The molecule has 2 heteroatoms. The fourth-order valence-corrected chi connectivity index (χ4v) is 2.86. The van der Waals surface area contributed by atoms with E-state index in [-0.39, 0.29) is 5.78 Å². The van der Waals surface area contributed by atoms with E-state index in [1.54, 1.807) is 12.1 Å². The normalized spacial score (nSPS) is 19.3. The number of hydrogen-bond acceptors (Lipinski definition) is 1. The molecule has 100 valence electrons. The van der Waals surface area contributed by atoms with Crippen LogP contribution in [0.5, 0.6) is 0 Å². The van der Waals surface area contributed by atoms with Crippen molar-refractivity contribution in [1.82, 2.24) is 0 Å². The van der Waals surface area contributed by atoms with Gasteiger partial charge in [0.1, 0.15) is 0 Å². The van der Waals surface area contributed by atoms with Crippen molar-refractivity contribution < 1.29 is 4.79 Å². The summed E-state index contributed by atoms with van der Waals surface area (Å²) in [7, 11) is 0. The predicted molar refractivity (Wildman–Crippen MR) is 80.6 cm³/mol. The van der Waals surface area contributed by atoms with Gasteiger partial charge in [-0.1, -0.05) is 41.8 Å². The van der Waals surface area contributed by atoms with Crippen LogP contribution in [-0.2, 0) is 0 Å². The molecule has 1 aromatic carbocycles. The van der Waals surface area contributed by atoms with Crippen molar-refractivity contribution in [3.63, 3.8) is 0 Å². The Bertz CT molecular complexity index is 593. The van der Waals surface area contributed by atoms with Crippen molar-refractivity contribution in [2.45, 2.75) is 34.1 Å². The maximum absolute atomic E-state index is 12.3. The van der Waals surface area contributed by atoms with Gasteiger partial charge in [-0.2, -0.15) is 0 Å². The molecule has 0 saturated carbocycles. The maximum Gasteiger partial charge on any atom is 0.166 e. The van der Waals surface area contributed by atoms with Gasteiger partial charge in [0.25, 0.3) is 0 Å². The minimum absolute atomic E-state index is 0.145. The van der Waals surface area contributed by atoms with Gasteiger partial charge >= 0.3 is 0 Å². The first kappa shape index (κ1) is 14.1. The molecule has 0 amide bonds. The van der Waals surface area contributed by atoms with Crippen LogP contribution < -0.4 is 0 Å². The van der Waals surface area contributed by atoms with Crippen LogP contribution in [0.3, 0.4) is 0 Å². The fraction of sp³-hybridized carbons (Fsp3) is 0.353. The molecule has 0 aliphatic heterocycles. The van der Waals surface area contributed by atoms with Crippen molar-refractivity contribution >= 4 is 17.4 Å². The van der Waals surface area contributed by atoms with Gasteiger partial charge in [-0.15, -0.1) is 0 Å². The summed E-state index contributed by atoms with van der Waals surface area (Å²) in [6.45, 7) is 8.58. The minimum atomic E-state index is 0.145. The highest BCUT2D eigenvalue weighted by molar-refractivity contribution is 6.31. The minimum Gasteiger partial charge on any atom is -0.294 e. The molecule has 1 aliphatic rings. The molecule has 0 fully saturated rings. The quantitative estimate of drug-likeness (QED) is 0.691. The topological polar surface area (TPSA) is 17.1 Å². The third-order valence-corrected chi connectivity index (χ3v) is 4.54. The molecular weight excluding hydrogens is 256 g/mol. The lowest BCUT2D eigenvalue weighted by Gasteiger charge is -2.12. The van der Waals surface area contributed by atoms with Crippen LogP contribution in [0.25, 0.3) is 0 Å². The predicted octanol–water partition coefficient (Wildman–Crippen LogP) is 5.22. The standard InChI is InChI=1S/C17H19ClO/c1-10-11(2)13(4)16(12(10)3)9-17(19)14-6-5-7-15(18)8-14/h5-8,12H,9H2,1-4H3. The molecule has 1 aliphatic carbocycles.